The third-order valence-corrected chi connectivity index (χ3v) is 5.79. The molecule has 74 valence electrons. The minimum absolute atomic E-state index is 0.411. The van der Waals surface area contributed by atoms with Crippen LogP contribution >= 0.6 is 0 Å². The fraction of sp³-hybridized carbons (Fsp3) is 1.00. The zero-order valence-electron chi connectivity index (χ0n) is 10.4. The Balaban J connectivity index is 0. The molecule has 0 aliphatic rings. The molecule has 0 fully saturated rings. The summed E-state index contributed by atoms with van der Waals surface area (Å²) in [5.41, 5.74) is 0. The molecule has 0 N–H and O–H groups in total. The summed E-state index contributed by atoms with van der Waals surface area (Å²) < 4.78 is 6.12. The first-order chi connectivity index (χ1) is 6.33. The first-order valence-electron chi connectivity index (χ1n) is 6.33. The minimum atomic E-state index is 0.411. The zero-order chi connectivity index (χ0) is 10.4. The second kappa shape index (κ2) is 19.2. The van der Waals surface area contributed by atoms with Crippen LogP contribution in [0.1, 0.15) is 47.0 Å². The Morgan fingerprint density at radius 2 is 1.23 bits per heavy atom. The van der Waals surface area contributed by atoms with Crippen LogP contribution in [0.15, 0.2) is 0 Å². The number of unbranched alkanes of at least 4 members (excludes halogenated alkanes) is 1. The summed E-state index contributed by atoms with van der Waals surface area (Å²) in [6, 6.07) is 0. The Labute approximate surface area is 105 Å². The quantitative estimate of drug-likeness (QED) is 0.431. The molecule has 13 heavy (non-hydrogen) atoms. The molecule has 0 nitrogen and oxygen atoms in total. The molecular formula is C11H26Mg2. The van der Waals surface area contributed by atoms with E-state index < -0.39 is 0 Å². The van der Waals surface area contributed by atoms with Crippen LogP contribution < -0.4 is 0 Å². The largest absolute Gasteiger partial charge is 0.363 e. The molecule has 0 aromatic heterocycles. The summed E-state index contributed by atoms with van der Waals surface area (Å²) in [7, 11) is 0. The highest BCUT2D eigenvalue weighted by Gasteiger charge is 1.87. The summed E-state index contributed by atoms with van der Waals surface area (Å²) in [5.74, 6) is 0. The lowest BCUT2D eigenvalue weighted by molar-refractivity contribution is 0.877. The van der Waals surface area contributed by atoms with Crippen LogP contribution in [0.5, 0.6) is 0 Å². The van der Waals surface area contributed by atoms with Gasteiger partial charge in [0.25, 0.3) is 0 Å². The smallest absolute Gasteiger partial charge is 0.149 e. The molecule has 0 saturated carbocycles. The molecular weight excluding hydrogens is 181 g/mol. The highest BCUT2D eigenvalue weighted by molar-refractivity contribution is 6.35. The maximum atomic E-state index is 2.31. The Hall–Kier alpha value is 1.53. The normalized spacial score (nSPS) is 8.00. The SMILES string of the molecule is CCC[CH2][Mg][CH2]C.CC[CH2][Mg][CH2]C. The molecule has 0 rings (SSSR count). The van der Waals surface area contributed by atoms with Gasteiger partial charge >= 0.3 is 40.7 Å². The van der Waals surface area contributed by atoms with Crippen molar-refractivity contribution in [2.45, 2.75) is 65.2 Å². The van der Waals surface area contributed by atoms with Crippen LogP contribution in [0.4, 0.5) is 0 Å². The molecule has 0 spiro atoms. The predicted octanol–water partition coefficient (Wildman–Crippen LogP) is 4.30. The molecule has 0 aromatic rings. The van der Waals surface area contributed by atoms with Crippen molar-refractivity contribution in [2.24, 2.45) is 0 Å². The van der Waals surface area contributed by atoms with Gasteiger partial charge in [0.1, 0.15) is 0 Å². The third kappa shape index (κ3) is 24.7. The van der Waals surface area contributed by atoms with Gasteiger partial charge < -0.3 is 0 Å². The lowest BCUT2D eigenvalue weighted by Gasteiger charge is -1.87. The molecule has 0 aromatic carbocycles. The molecule has 0 atom stereocenters. The van der Waals surface area contributed by atoms with E-state index in [1.165, 1.54) is 28.4 Å². The molecule has 0 amide bonds. The molecule has 0 aliphatic carbocycles. The highest BCUT2D eigenvalue weighted by Crippen LogP contribution is 1.94. The van der Waals surface area contributed by atoms with Gasteiger partial charge in [-0.25, -0.2) is 0 Å². The van der Waals surface area contributed by atoms with Crippen molar-refractivity contribution in [3.05, 3.63) is 0 Å². The van der Waals surface area contributed by atoms with E-state index in [-0.39, 0.29) is 0 Å². The topological polar surface area (TPSA) is 0 Å². The Morgan fingerprint density at radius 3 is 1.54 bits per heavy atom. The molecule has 0 saturated heterocycles. The van der Waals surface area contributed by atoms with Crippen LogP contribution in [0.25, 0.3) is 0 Å². The standard InChI is InChI=1S/C4H9.C3H7.2C2H5.2Mg/c1-3-4-2;1-3-2;2*1-2;;/h1,3-4H2,2H3;1,3H2,2H3;2*1H2,2H3;;. The summed E-state index contributed by atoms with van der Waals surface area (Å²) in [4.78, 5) is 0. The van der Waals surface area contributed by atoms with Crippen molar-refractivity contribution in [3.63, 3.8) is 0 Å². The van der Waals surface area contributed by atoms with Crippen LogP contribution in [0.2, 0.25) is 18.2 Å². The van der Waals surface area contributed by atoms with Gasteiger partial charge in [0.2, 0.25) is 0 Å². The maximum Gasteiger partial charge on any atom is 0.363 e. The van der Waals surface area contributed by atoms with Crippen molar-refractivity contribution < 1.29 is 0 Å². The van der Waals surface area contributed by atoms with E-state index in [9.17, 15) is 0 Å². The number of rotatable bonds is 7. The predicted molar refractivity (Wildman–Crippen MR) is 67.3 cm³/mol. The number of hydrogen-bond donors (Lipinski definition) is 0. The zero-order valence-corrected chi connectivity index (χ0v) is 13.2. The third-order valence-electron chi connectivity index (χ3n) is 2.16. The minimum Gasteiger partial charge on any atom is -0.149 e. The van der Waals surface area contributed by atoms with E-state index in [4.69, 9.17) is 0 Å². The van der Waals surface area contributed by atoms with Crippen LogP contribution in [-0.4, -0.2) is 40.7 Å². The van der Waals surface area contributed by atoms with E-state index in [1.54, 1.807) is 9.10 Å². The van der Waals surface area contributed by atoms with Gasteiger partial charge in [0.05, 0.1) is 0 Å². The second-order valence-corrected chi connectivity index (χ2v) is 8.60. The van der Waals surface area contributed by atoms with E-state index in [2.05, 4.69) is 27.7 Å². The Bertz CT molecular complexity index is 57.1. The van der Waals surface area contributed by atoms with Gasteiger partial charge in [0, 0.05) is 0 Å². The first-order valence-corrected chi connectivity index (χ1v) is 10.3. The summed E-state index contributed by atoms with van der Waals surface area (Å²) in [5, 5.41) is 0. The molecule has 0 aliphatic heterocycles. The van der Waals surface area contributed by atoms with Gasteiger partial charge in [-0.3, -0.25) is 0 Å². The molecule has 0 bridgehead atoms. The van der Waals surface area contributed by atoms with Crippen molar-refractivity contribution in [2.75, 3.05) is 0 Å². The molecule has 0 unspecified atom stereocenters. The summed E-state index contributed by atoms with van der Waals surface area (Å²) in [6.07, 6.45) is 4.30. The molecule has 0 heterocycles. The summed E-state index contributed by atoms with van der Waals surface area (Å²) in [6.45, 7) is 9.14. The Morgan fingerprint density at radius 1 is 0.692 bits per heavy atom. The summed E-state index contributed by atoms with van der Waals surface area (Å²) >= 11 is 0.832. The van der Waals surface area contributed by atoms with Crippen LogP contribution in [-0.2, 0) is 0 Å². The fourth-order valence-electron chi connectivity index (χ4n) is 1.18. The highest BCUT2D eigenvalue weighted by atomic mass is 24.5. The fourth-order valence-corrected chi connectivity index (χ4v) is 3.53. The van der Waals surface area contributed by atoms with Gasteiger partial charge in [-0.2, -0.15) is 0 Å². The van der Waals surface area contributed by atoms with Gasteiger partial charge in [-0.15, -0.1) is 18.2 Å². The first kappa shape index (κ1) is 16.9. The van der Waals surface area contributed by atoms with Crippen LogP contribution in [0.3, 0.4) is 0 Å². The van der Waals surface area contributed by atoms with Gasteiger partial charge in [-0.1, -0.05) is 47.0 Å². The van der Waals surface area contributed by atoms with Gasteiger partial charge in [0.15, 0.2) is 0 Å². The van der Waals surface area contributed by atoms with Crippen molar-refractivity contribution in [3.8, 4) is 0 Å². The monoisotopic (exact) mass is 206 g/mol. The lowest BCUT2D eigenvalue weighted by atomic mass is 10.4. The van der Waals surface area contributed by atoms with Crippen molar-refractivity contribution in [1.29, 1.82) is 0 Å². The number of hydrogen-bond acceptors (Lipinski definition) is 0. The van der Waals surface area contributed by atoms with Crippen molar-refractivity contribution >= 4 is 40.7 Å². The average Bonchev–Trinajstić information content (AvgIpc) is 2.17. The van der Waals surface area contributed by atoms with Crippen molar-refractivity contribution in [1.82, 2.24) is 0 Å². The van der Waals surface area contributed by atoms with E-state index in [0.717, 1.165) is 0 Å². The second-order valence-electron chi connectivity index (χ2n) is 3.77. The van der Waals surface area contributed by atoms with Crippen LogP contribution in [0, 0.1) is 0 Å². The van der Waals surface area contributed by atoms with E-state index in [1.807, 2.05) is 0 Å². The molecule has 0 radical (unpaired) electrons. The maximum absolute atomic E-state index is 2.31. The van der Waals surface area contributed by atoms with E-state index >= 15 is 0 Å². The van der Waals surface area contributed by atoms with E-state index in [0.29, 0.717) is 40.7 Å². The Kier molecular flexibility index (Phi) is 25.0. The van der Waals surface area contributed by atoms with Gasteiger partial charge in [-0.05, 0) is 0 Å². The average molecular weight is 207 g/mol. The lowest BCUT2D eigenvalue weighted by Crippen LogP contribution is -1.82. The molecule has 2 heteroatoms.